The normalized spacial score (nSPS) is 21.8. The Morgan fingerprint density at radius 2 is 2.15 bits per heavy atom. The molecule has 20 heavy (non-hydrogen) atoms. The van der Waals surface area contributed by atoms with Crippen LogP contribution in [0.2, 0.25) is 0 Å². The van der Waals surface area contributed by atoms with Gasteiger partial charge < -0.3 is 15.4 Å². The largest absolute Gasteiger partial charge is 0.491 e. The lowest BCUT2D eigenvalue weighted by Gasteiger charge is -2.23. The van der Waals surface area contributed by atoms with Crippen LogP contribution in [-0.2, 0) is 4.79 Å². The van der Waals surface area contributed by atoms with Crippen LogP contribution in [0, 0.1) is 12.8 Å². The summed E-state index contributed by atoms with van der Waals surface area (Å²) in [4.78, 5) is 14.0. The summed E-state index contributed by atoms with van der Waals surface area (Å²) in [6.45, 7) is 3.12. The van der Waals surface area contributed by atoms with Gasteiger partial charge in [-0.25, -0.2) is 0 Å². The second kappa shape index (κ2) is 6.75. The summed E-state index contributed by atoms with van der Waals surface area (Å²) in [5, 5.41) is 0. The molecule has 0 spiro atoms. The van der Waals surface area contributed by atoms with Crippen molar-refractivity contribution in [1.82, 2.24) is 4.90 Å². The molecule has 1 saturated carbocycles. The number of amides is 1. The topological polar surface area (TPSA) is 55.6 Å². The molecule has 4 heteroatoms. The maximum atomic E-state index is 12.3. The van der Waals surface area contributed by atoms with E-state index in [1.54, 1.807) is 4.90 Å². The quantitative estimate of drug-likeness (QED) is 0.894. The maximum Gasteiger partial charge on any atom is 0.227 e. The van der Waals surface area contributed by atoms with Gasteiger partial charge in [0.05, 0.1) is 12.5 Å². The first-order valence-electron chi connectivity index (χ1n) is 7.28. The standard InChI is InChI=1S/C16H24N2O2/c1-12-6-3-4-9-15(12)20-11-10-18(2)16(19)13-7-5-8-14(13)17/h3-4,6,9,13-14H,5,7-8,10-11,17H2,1-2H3/t13-,14-/m1/s1. The molecule has 0 bridgehead atoms. The summed E-state index contributed by atoms with van der Waals surface area (Å²) < 4.78 is 5.72. The minimum atomic E-state index is -0.00142. The number of rotatable bonds is 5. The second-order valence-electron chi connectivity index (χ2n) is 5.58. The molecule has 0 aromatic heterocycles. The molecule has 1 fully saturated rings. The van der Waals surface area contributed by atoms with Gasteiger partial charge in [0.25, 0.3) is 0 Å². The van der Waals surface area contributed by atoms with Crippen molar-refractivity contribution in [3.05, 3.63) is 29.8 Å². The molecule has 0 unspecified atom stereocenters. The monoisotopic (exact) mass is 276 g/mol. The Morgan fingerprint density at radius 1 is 1.40 bits per heavy atom. The molecule has 0 aliphatic heterocycles. The van der Waals surface area contributed by atoms with Crippen molar-refractivity contribution in [2.45, 2.75) is 32.2 Å². The van der Waals surface area contributed by atoms with E-state index in [1.807, 2.05) is 38.2 Å². The van der Waals surface area contributed by atoms with Gasteiger partial charge in [-0.15, -0.1) is 0 Å². The minimum absolute atomic E-state index is 0.00142. The van der Waals surface area contributed by atoms with E-state index in [0.717, 1.165) is 30.6 Å². The van der Waals surface area contributed by atoms with Gasteiger partial charge in [-0.05, 0) is 31.4 Å². The third-order valence-electron chi connectivity index (χ3n) is 4.04. The van der Waals surface area contributed by atoms with Crippen LogP contribution >= 0.6 is 0 Å². The van der Waals surface area contributed by atoms with Crippen molar-refractivity contribution in [1.29, 1.82) is 0 Å². The summed E-state index contributed by atoms with van der Waals surface area (Å²) in [6.07, 6.45) is 2.94. The molecule has 2 N–H and O–H groups in total. The van der Waals surface area contributed by atoms with Gasteiger partial charge in [0.15, 0.2) is 0 Å². The maximum absolute atomic E-state index is 12.3. The lowest BCUT2D eigenvalue weighted by atomic mass is 10.0. The van der Waals surface area contributed by atoms with Crippen LogP contribution in [0.1, 0.15) is 24.8 Å². The Labute approximate surface area is 120 Å². The lowest BCUT2D eigenvalue weighted by molar-refractivity contribution is -0.134. The summed E-state index contributed by atoms with van der Waals surface area (Å²) in [5.74, 6) is 1.03. The van der Waals surface area contributed by atoms with E-state index in [-0.39, 0.29) is 17.9 Å². The zero-order valence-electron chi connectivity index (χ0n) is 12.3. The summed E-state index contributed by atoms with van der Waals surface area (Å²) in [6, 6.07) is 7.93. The van der Waals surface area contributed by atoms with Crippen LogP contribution in [-0.4, -0.2) is 37.0 Å². The molecule has 0 saturated heterocycles. The smallest absolute Gasteiger partial charge is 0.227 e. The van der Waals surface area contributed by atoms with Gasteiger partial charge in [-0.2, -0.15) is 0 Å². The highest BCUT2D eigenvalue weighted by atomic mass is 16.5. The number of para-hydroxylation sites is 1. The van der Waals surface area contributed by atoms with E-state index >= 15 is 0 Å². The predicted octanol–water partition coefficient (Wildman–Crippen LogP) is 1.96. The van der Waals surface area contributed by atoms with E-state index in [2.05, 4.69) is 0 Å². The average molecular weight is 276 g/mol. The highest BCUT2D eigenvalue weighted by Gasteiger charge is 2.31. The zero-order chi connectivity index (χ0) is 14.5. The van der Waals surface area contributed by atoms with E-state index < -0.39 is 0 Å². The van der Waals surface area contributed by atoms with E-state index in [0.29, 0.717) is 13.2 Å². The fraction of sp³-hybridized carbons (Fsp3) is 0.562. The number of nitrogens with two attached hydrogens (primary N) is 1. The SMILES string of the molecule is Cc1ccccc1OCCN(C)C(=O)[C@@H]1CCC[C@H]1N. The van der Waals surface area contributed by atoms with Crippen LogP contribution in [0.5, 0.6) is 5.75 Å². The number of hydrogen-bond donors (Lipinski definition) is 1. The van der Waals surface area contributed by atoms with Crippen molar-refractivity contribution in [2.24, 2.45) is 11.7 Å². The molecule has 1 amide bonds. The molecule has 2 rings (SSSR count). The number of aryl methyl sites for hydroxylation is 1. The van der Waals surface area contributed by atoms with Gasteiger partial charge in [-0.1, -0.05) is 24.6 Å². The number of benzene rings is 1. The highest BCUT2D eigenvalue weighted by molar-refractivity contribution is 5.79. The highest BCUT2D eigenvalue weighted by Crippen LogP contribution is 2.25. The van der Waals surface area contributed by atoms with Crippen LogP contribution in [0.25, 0.3) is 0 Å². The molecule has 0 heterocycles. The molecule has 0 radical (unpaired) electrons. The van der Waals surface area contributed by atoms with Gasteiger partial charge in [0.2, 0.25) is 5.91 Å². The Kier molecular flexibility index (Phi) is 5.01. The number of carbonyl (C=O) groups is 1. The van der Waals surface area contributed by atoms with Crippen molar-refractivity contribution in [3.63, 3.8) is 0 Å². The van der Waals surface area contributed by atoms with E-state index in [9.17, 15) is 4.79 Å². The summed E-state index contributed by atoms with van der Waals surface area (Å²) in [5.41, 5.74) is 7.09. The predicted molar refractivity (Wildman–Crippen MR) is 79.6 cm³/mol. The van der Waals surface area contributed by atoms with Gasteiger partial charge in [-0.3, -0.25) is 4.79 Å². The molecule has 1 aromatic carbocycles. The fourth-order valence-corrected chi connectivity index (χ4v) is 2.70. The molecule has 2 atom stereocenters. The molecule has 1 aliphatic rings. The van der Waals surface area contributed by atoms with Crippen molar-refractivity contribution in [2.75, 3.05) is 20.2 Å². The van der Waals surface area contributed by atoms with Crippen LogP contribution in [0.4, 0.5) is 0 Å². The zero-order valence-corrected chi connectivity index (χ0v) is 12.3. The van der Waals surface area contributed by atoms with Crippen LogP contribution < -0.4 is 10.5 Å². The minimum Gasteiger partial charge on any atom is -0.491 e. The molecule has 110 valence electrons. The van der Waals surface area contributed by atoms with Crippen molar-refractivity contribution >= 4 is 5.91 Å². The van der Waals surface area contributed by atoms with Gasteiger partial charge >= 0.3 is 0 Å². The molecule has 1 aromatic rings. The number of nitrogens with zero attached hydrogens (tertiary/aromatic N) is 1. The van der Waals surface area contributed by atoms with Crippen LogP contribution in [0.3, 0.4) is 0 Å². The van der Waals surface area contributed by atoms with Crippen molar-refractivity contribution < 1.29 is 9.53 Å². The average Bonchev–Trinajstić information content (AvgIpc) is 2.86. The Bertz CT molecular complexity index is 462. The third kappa shape index (κ3) is 3.51. The van der Waals surface area contributed by atoms with Crippen LogP contribution in [0.15, 0.2) is 24.3 Å². The Morgan fingerprint density at radius 3 is 2.80 bits per heavy atom. The number of likely N-dealkylation sites (N-methyl/N-ethyl adjacent to an activating group) is 1. The van der Waals surface area contributed by atoms with E-state index in [1.165, 1.54) is 0 Å². The molecule has 1 aliphatic carbocycles. The van der Waals surface area contributed by atoms with Gasteiger partial charge in [0.1, 0.15) is 12.4 Å². The third-order valence-corrected chi connectivity index (χ3v) is 4.04. The first-order valence-corrected chi connectivity index (χ1v) is 7.28. The second-order valence-corrected chi connectivity index (χ2v) is 5.58. The first-order chi connectivity index (χ1) is 9.59. The Hall–Kier alpha value is -1.55. The molecular formula is C16H24N2O2. The number of ether oxygens (including phenoxy) is 1. The number of carbonyl (C=O) groups excluding carboxylic acids is 1. The van der Waals surface area contributed by atoms with Crippen molar-refractivity contribution in [3.8, 4) is 5.75 Å². The summed E-state index contributed by atoms with van der Waals surface area (Å²) >= 11 is 0. The number of hydrogen-bond acceptors (Lipinski definition) is 3. The van der Waals surface area contributed by atoms with Gasteiger partial charge in [0, 0.05) is 13.1 Å². The van der Waals surface area contributed by atoms with E-state index in [4.69, 9.17) is 10.5 Å². The fourth-order valence-electron chi connectivity index (χ4n) is 2.70. The molecule has 4 nitrogen and oxygen atoms in total. The lowest BCUT2D eigenvalue weighted by Crippen LogP contribution is -2.41. The summed E-state index contributed by atoms with van der Waals surface area (Å²) in [7, 11) is 1.83. The first kappa shape index (κ1) is 14.9. The molecular weight excluding hydrogens is 252 g/mol. The Balaban J connectivity index is 1.79.